The number of ether oxygens (including phenoxy) is 2. The van der Waals surface area contributed by atoms with Crippen LogP contribution in [0.4, 0.5) is 0 Å². The number of hydrogen-bond acceptors (Lipinski definition) is 3. The molecule has 2 unspecified atom stereocenters. The average molecular weight is 236 g/mol. The number of rotatable bonds is 6. The summed E-state index contributed by atoms with van der Waals surface area (Å²) in [7, 11) is 1.66. The molecule has 0 bridgehead atoms. The average Bonchev–Trinajstić information content (AvgIpc) is 2.36. The van der Waals surface area contributed by atoms with Gasteiger partial charge in [-0.2, -0.15) is 0 Å². The van der Waals surface area contributed by atoms with E-state index in [1.165, 1.54) is 0 Å². The zero-order valence-electron chi connectivity index (χ0n) is 10.7. The molecule has 0 saturated heterocycles. The van der Waals surface area contributed by atoms with Crippen LogP contribution in [0.2, 0.25) is 0 Å². The van der Waals surface area contributed by atoms with Crippen LogP contribution in [0, 0.1) is 5.92 Å². The van der Waals surface area contributed by atoms with Gasteiger partial charge in [-0.1, -0.05) is 25.1 Å². The topological polar surface area (TPSA) is 35.5 Å². The van der Waals surface area contributed by atoms with Gasteiger partial charge >= 0.3 is 5.97 Å². The molecule has 17 heavy (non-hydrogen) atoms. The van der Waals surface area contributed by atoms with Crippen molar-refractivity contribution >= 4 is 5.97 Å². The number of hydrogen-bond donors (Lipinski definition) is 0. The number of carbonyl (C=O) groups excluding carboxylic acids is 1. The van der Waals surface area contributed by atoms with Gasteiger partial charge in [0.05, 0.1) is 12.2 Å². The maximum atomic E-state index is 11.8. The Labute approximate surface area is 103 Å². The zero-order chi connectivity index (χ0) is 12.7. The van der Waals surface area contributed by atoms with E-state index in [1.54, 1.807) is 19.2 Å². The molecule has 0 heterocycles. The summed E-state index contributed by atoms with van der Waals surface area (Å²) in [6.07, 6.45) is 0.796. The molecular formula is C14H20O3. The van der Waals surface area contributed by atoms with Crippen molar-refractivity contribution in [3.8, 4) is 0 Å². The van der Waals surface area contributed by atoms with Crippen molar-refractivity contribution in [1.82, 2.24) is 0 Å². The summed E-state index contributed by atoms with van der Waals surface area (Å²) >= 11 is 0. The Balaban J connectivity index is 2.56. The second-order valence-electron chi connectivity index (χ2n) is 4.10. The Hall–Kier alpha value is -1.35. The van der Waals surface area contributed by atoms with E-state index in [2.05, 4.69) is 6.92 Å². The van der Waals surface area contributed by atoms with Gasteiger partial charge in [-0.15, -0.1) is 0 Å². The van der Waals surface area contributed by atoms with Crippen LogP contribution in [0.1, 0.15) is 30.6 Å². The summed E-state index contributed by atoms with van der Waals surface area (Å²) < 4.78 is 10.5. The molecule has 1 aromatic carbocycles. The first kappa shape index (κ1) is 13.7. The standard InChI is InChI=1S/C14H20O3/c1-4-12(10-16-3)11(2)17-14(15)13-8-6-5-7-9-13/h5-9,11-12H,4,10H2,1-3H3. The quantitative estimate of drug-likeness (QED) is 0.712. The lowest BCUT2D eigenvalue weighted by molar-refractivity contribution is 0.00421. The van der Waals surface area contributed by atoms with E-state index in [0.29, 0.717) is 12.2 Å². The van der Waals surface area contributed by atoms with E-state index in [0.717, 1.165) is 6.42 Å². The van der Waals surface area contributed by atoms with Gasteiger partial charge in [0, 0.05) is 13.0 Å². The molecule has 0 spiro atoms. The van der Waals surface area contributed by atoms with Gasteiger partial charge in [0.25, 0.3) is 0 Å². The van der Waals surface area contributed by atoms with Crippen molar-refractivity contribution in [2.24, 2.45) is 5.92 Å². The molecule has 0 amide bonds. The fourth-order valence-electron chi connectivity index (χ4n) is 1.71. The van der Waals surface area contributed by atoms with Crippen molar-refractivity contribution in [2.75, 3.05) is 13.7 Å². The molecule has 94 valence electrons. The summed E-state index contributed by atoms with van der Waals surface area (Å²) in [6.45, 7) is 4.59. The first-order valence-electron chi connectivity index (χ1n) is 5.94. The van der Waals surface area contributed by atoms with Crippen molar-refractivity contribution in [1.29, 1.82) is 0 Å². The predicted molar refractivity (Wildman–Crippen MR) is 67.0 cm³/mol. The summed E-state index contributed by atoms with van der Waals surface area (Å²) in [4.78, 5) is 11.8. The highest BCUT2D eigenvalue weighted by molar-refractivity contribution is 5.89. The lowest BCUT2D eigenvalue weighted by Gasteiger charge is -2.22. The molecule has 0 aliphatic rings. The number of benzene rings is 1. The number of methoxy groups -OCH3 is 1. The third-order valence-corrected chi connectivity index (χ3v) is 2.87. The van der Waals surface area contributed by atoms with Gasteiger partial charge < -0.3 is 9.47 Å². The van der Waals surface area contributed by atoms with Crippen LogP contribution < -0.4 is 0 Å². The molecule has 0 saturated carbocycles. The van der Waals surface area contributed by atoms with Gasteiger partial charge in [0.2, 0.25) is 0 Å². The maximum absolute atomic E-state index is 11.8. The van der Waals surface area contributed by atoms with Crippen molar-refractivity contribution < 1.29 is 14.3 Å². The van der Waals surface area contributed by atoms with Crippen LogP contribution in [0.3, 0.4) is 0 Å². The highest BCUT2D eigenvalue weighted by Gasteiger charge is 2.20. The van der Waals surface area contributed by atoms with E-state index in [1.807, 2.05) is 25.1 Å². The van der Waals surface area contributed by atoms with Crippen molar-refractivity contribution in [3.05, 3.63) is 35.9 Å². The molecule has 0 aliphatic heterocycles. The summed E-state index contributed by atoms with van der Waals surface area (Å²) in [5, 5.41) is 0. The third kappa shape index (κ3) is 4.19. The minimum absolute atomic E-state index is 0.132. The van der Waals surface area contributed by atoms with Crippen LogP contribution in [-0.4, -0.2) is 25.8 Å². The molecule has 1 aromatic rings. The molecule has 3 nitrogen and oxygen atoms in total. The number of carbonyl (C=O) groups is 1. The van der Waals surface area contributed by atoms with Gasteiger partial charge in [-0.25, -0.2) is 4.79 Å². The fourth-order valence-corrected chi connectivity index (χ4v) is 1.71. The third-order valence-electron chi connectivity index (χ3n) is 2.87. The second kappa shape index (κ2) is 7.07. The van der Waals surface area contributed by atoms with Gasteiger partial charge in [-0.3, -0.25) is 0 Å². The predicted octanol–water partition coefficient (Wildman–Crippen LogP) is 2.90. The van der Waals surface area contributed by atoms with E-state index in [4.69, 9.17) is 9.47 Å². The van der Waals surface area contributed by atoms with Crippen LogP contribution in [0.5, 0.6) is 0 Å². The molecule has 0 fully saturated rings. The normalized spacial score (nSPS) is 14.1. The van der Waals surface area contributed by atoms with E-state index in [-0.39, 0.29) is 18.0 Å². The van der Waals surface area contributed by atoms with Gasteiger partial charge in [-0.05, 0) is 25.5 Å². The lowest BCUT2D eigenvalue weighted by atomic mass is 10.0. The minimum atomic E-state index is -0.271. The van der Waals surface area contributed by atoms with E-state index in [9.17, 15) is 4.79 Å². The summed E-state index contributed by atoms with van der Waals surface area (Å²) in [5.74, 6) is -0.0275. The maximum Gasteiger partial charge on any atom is 0.338 e. The molecule has 2 atom stereocenters. The largest absolute Gasteiger partial charge is 0.459 e. The summed E-state index contributed by atoms with van der Waals surface area (Å²) in [6, 6.07) is 9.04. The van der Waals surface area contributed by atoms with E-state index >= 15 is 0 Å². The van der Waals surface area contributed by atoms with Crippen LogP contribution >= 0.6 is 0 Å². The molecule has 0 N–H and O–H groups in total. The van der Waals surface area contributed by atoms with Crippen molar-refractivity contribution in [3.63, 3.8) is 0 Å². The monoisotopic (exact) mass is 236 g/mol. The lowest BCUT2D eigenvalue weighted by Crippen LogP contribution is -2.27. The fraction of sp³-hybridized carbons (Fsp3) is 0.500. The molecule has 3 heteroatoms. The molecule has 0 radical (unpaired) electrons. The Morgan fingerprint density at radius 2 is 1.94 bits per heavy atom. The SMILES string of the molecule is CCC(COC)C(C)OC(=O)c1ccccc1. The smallest absolute Gasteiger partial charge is 0.338 e. The Morgan fingerprint density at radius 3 is 2.47 bits per heavy atom. The summed E-state index contributed by atoms with van der Waals surface area (Å²) in [5.41, 5.74) is 0.589. The molecule has 0 aromatic heterocycles. The Bertz CT molecular complexity index is 335. The Kier molecular flexibility index (Phi) is 5.70. The van der Waals surface area contributed by atoms with Crippen LogP contribution in [-0.2, 0) is 9.47 Å². The second-order valence-corrected chi connectivity index (χ2v) is 4.10. The molecule has 1 rings (SSSR count). The van der Waals surface area contributed by atoms with Gasteiger partial charge in [0.1, 0.15) is 6.10 Å². The molecule has 0 aliphatic carbocycles. The van der Waals surface area contributed by atoms with Crippen LogP contribution in [0.25, 0.3) is 0 Å². The first-order valence-corrected chi connectivity index (χ1v) is 5.94. The van der Waals surface area contributed by atoms with Crippen molar-refractivity contribution in [2.45, 2.75) is 26.4 Å². The zero-order valence-corrected chi connectivity index (χ0v) is 10.7. The highest BCUT2D eigenvalue weighted by Crippen LogP contribution is 2.14. The molecular weight excluding hydrogens is 216 g/mol. The first-order chi connectivity index (χ1) is 8.19. The minimum Gasteiger partial charge on any atom is -0.459 e. The van der Waals surface area contributed by atoms with Crippen LogP contribution in [0.15, 0.2) is 30.3 Å². The Morgan fingerprint density at radius 1 is 1.29 bits per heavy atom. The van der Waals surface area contributed by atoms with E-state index < -0.39 is 0 Å². The van der Waals surface area contributed by atoms with Gasteiger partial charge in [0.15, 0.2) is 0 Å². The highest BCUT2D eigenvalue weighted by atomic mass is 16.5. The number of esters is 1.